The van der Waals surface area contributed by atoms with Gasteiger partial charge in [0.1, 0.15) is 11.6 Å². The number of nitrogens with zero attached hydrogens (tertiary/aromatic N) is 1. The molecule has 10 saturated carbocycles. The van der Waals surface area contributed by atoms with Gasteiger partial charge in [-0.05, 0) is 259 Å². The standard InChI is InChI=1S/C24H41NO3.C21H33NO3.C21H32O3.ClH/c1-14(10-17(27)13-25)19-6-7-20-18-5-4-15-11-16(26)8-9-23(15,2)22(18)21(28)12-24(19,20)3;1-12(22-25)16-6-7-17-15-5-4-13-10-14(23)8-9-20(13,2)19(15)18(24)11-21(16,17)3;1-12(22)16-6-7-17-15-5-4-13-10-14(23)8-9-20(13,2)19(15)18(24)11-21(16,17)3;/h14-16,18-22,26,28H,4-13,25H2,1-3H3;4,14-19,23-25H,5-11H2,1-3H3;4,14-19,23-24H,5-11H2,1-3H3;1H/b;22-12+;;/t14?,15?,16-,18?,19+,20?,21-,22?,23-,24+;2*14-,15?,16+,17?,18-,19?,20-,21+;/m000./s1. The molecule has 12 rings (SSSR count). The molecule has 0 aliphatic heterocycles. The van der Waals surface area contributed by atoms with Crippen molar-refractivity contribution in [3.63, 3.8) is 0 Å². The molecule has 26 atom stereocenters. The van der Waals surface area contributed by atoms with Crippen molar-refractivity contribution < 1.29 is 45.4 Å². The van der Waals surface area contributed by atoms with E-state index in [-0.39, 0.29) is 106 Å². The average molecular weight is 1110 g/mol. The summed E-state index contributed by atoms with van der Waals surface area (Å²) in [5.74, 6) is 6.74. The molecule has 442 valence electrons. The fourth-order valence-electron chi connectivity index (χ4n) is 23.9. The first-order valence-corrected chi connectivity index (χ1v) is 31.7. The molecule has 0 aromatic rings. The molecular weight excluding hydrogens is 1000 g/mol. The van der Waals surface area contributed by atoms with E-state index in [0.29, 0.717) is 83.2 Å². The lowest BCUT2D eigenvalue weighted by Crippen LogP contribution is -2.59. The molecule has 12 heteroatoms. The van der Waals surface area contributed by atoms with Gasteiger partial charge >= 0.3 is 0 Å². The van der Waals surface area contributed by atoms with Crippen LogP contribution >= 0.6 is 12.4 Å². The van der Waals surface area contributed by atoms with E-state index in [2.05, 4.69) is 65.8 Å². The highest BCUT2D eigenvalue weighted by Gasteiger charge is 2.66. The molecule has 0 heterocycles. The molecule has 11 unspecified atom stereocenters. The van der Waals surface area contributed by atoms with Crippen molar-refractivity contribution in [2.24, 2.45) is 126 Å². The summed E-state index contributed by atoms with van der Waals surface area (Å²) in [6, 6.07) is 0. The number of hydrogen-bond acceptors (Lipinski definition) is 11. The second kappa shape index (κ2) is 22.4. The van der Waals surface area contributed by atoms with Gasteiger partial charge in [0.2, 0.25) is 0 Å². The predicted molar refractivity (Wildman–Crippen MR) is 308 cm³/mol. The number of carbonyl (C=O) groups is 2. The summed E-state index contributed by atoms with van der Waals surface area (Å²) in [5.41, 5.74) is 9.59. The number of ketones is 2. The first-order chi connectivity index (χ1) is 36.3. The number of hydrogen-bond donors (Lipinski definition) is 8. The third kappa shape index (κ3) is 9.85. The number of allylic oxidation sites excluding steroid dienone is 2. The number of Topliss-reactive ketones (excluding diaryl/α,β-unsaturated/α-hetero) is 2. The van der Waals surface area contributed by atoms with Gasteiger partial charge in [-0.25, -0.2) is 0 Å². The number of carbonyl (C=O) groups excluding carboxylic acids is 2. The Balaban J connectivity index is 0.000000142. The van der Waals surface area contributed by atoms with Gasteiger partial charge in [0.05, 0.1) is 48.9 Å². The zero-order chi connectivity index (χ0) is 55.5. The molecule has 0 saturated heterocycles. The van der Waals surface area contributed by atoms with Crippen molar-refractivity contribution >= 4 is 29.7 Å². The van der Waals surface area contributed by atoms with Crippen LogP contribution < -0.4 is 5.73 Å². The van der Waals surface area contributed by atoms with Crippen LogP contribution in [0.3, 0.4) is 0 Å². The summed E-state index contributed by atoms with van der Waals surface area (Å²) in [4.78, 5) is 24.1. The minimum atomic E-state index is -0.319. The van der Waals surface area contributed by atoms with Gasteiger partial charge in [-0.1, -0.05) is 76.9 Å². The fraction of sp³-hybridized carbons (Fsp3) is 0.894. The molecule has 12 aliphatic carbocycles. The number of aliphatic hydroxyl groups excluding tert-OH is 6. The van der Waals surface area contributed by atoms with E-state index in [1.165, 1.54) is 43.3 Å². The zero-order valence-corrected chi connectivity index (χ0v) is 50.4. The largest absolute Gasteiger partial charge is 0.411 e. The molecule has 0 bridgehead atoms. The first-order valence-electron chi connectivity index (χ1n) is 31.7. The molecule has 12 aliphatic rings. The van der Waals surface area contributed by atoms with Crippen molar-refractivity contribution in [2.75, 3.05) is 6.54 Å². The topological polar surface area (TPSA) is 214 Å². The average Bonchev–Trinajstić information content (AvgIpc) is 4.06. The maximum absolute atomic E-state index is 12.2. The fourth-order valence-corrected chi connectivity index (χ4v) is 23.9. The summed E-state index contributed by atoms with van der Waals surface area (Å²) in [6.07, 6.45) is 25.8. The molecule has 9 N–H and O–H groups in total. The molecular formula is C66H107ClN2O9. The summed E-state index contributed by atoms with van der Waals surface area (Å²) in [5, 5.41) is 77.1. The SMILES string of the molecule is C/C(=N\O)[C@H]1CCC2C3CC=C4C[C@@H](O)CC[C@]4(C)C3[C@@H](O)C[C@@]21C.CC(=O)[C@H]1CCC2C3CC=C4C[C@@H](O)CC[C@]4(C)C3[C@@H](O)C[C@@]21C.CC(CC(=O)CN)[C@H]1CCC2C3CCC4C[C@@H](O)CC[C@]4(C)C3[C@@H](O)C[C@@]21C.Cl. The van der Waals surface area contributed by atoms with Crippen molar-refractivity contribution in [1.82, 2.24) is 0 Å². The first kappa shape index (κ1) is 60.9. The van der Waals surface area contributed by atoms with Crippen molar-refractivity contribution in [3.05, 3.63) is 23.3 Å². The lowest BCUT2D eigenvalue weighted by Gasteiger charge is -2.62. The highest BCUT2D eigenvalue weighted by molar-refractivity contribution is 5.85. The van der Waals surface area contributed by atoms with E-state index in [1.807, 2.05) is 6.92 Å². The van der Waals surface area contributed by atoms with Crippen LogP contribution in [-0.2, 0) is 9.59 Å². The lowest BCUT2D eigenvalue weighted by molar-refractivity contribution is -0.179. The number of halogens is 1. The molecule has 0 aromatic carbocycles. The van der Waals surface area contributed by atoms with Crippen LogP contribution in [0.5, 0.6) is 0 Å². The Morgan fingerprint density at radius 3 is 1.59 bits per heavy atom. The van der Waals surface area contributed by atoms with Gasteiger partial charge in [-0.2, -0.15) is 0 Å². The monoisotopic (exact) mass is 1110 g/mol. The van der Waals surface area contributed by atoms with Crippen LogP contribution in [0.2, 0.25) is 0 Å². The van der Waals surface area contributed by atoms with E-state index in [0.717, 1.165) is 115 Å². The van der Waals surface area contributed by atoms with E-state index >= 15 is 0 Å². The second-order valence-corrected chi connectivity index (χ2v) is 30.7. The summed E-state index contributed by atoms with van der Waals surface area (Å²) >= 11 is 0. The molecule has 0 aromatic heterocycles. The van der Waals surface area contributed by atoms with Gasteiger partial charge in [-0.3, -0.25) is 9.59 Å². The number of nitrogens with two attached hydrogens (primary N) is 1. The van der Waals surface area contributed by atoms with Gasteiger partial charge in [0.15, 0.2) is 0 Å². The minimum absolute atomic E-state index is 0. The van der Waals surface area contributed by atoms with Crippen LogP contribution in [0, 0.1) is 115 Å². The van der Waals surface area contributed by atoms with Gasteiger partial charge in [0.25, 0.3) is 0 Å². The summed E-state index contributed by atoms with van der Waals surface area (Å²) < 4.78 is 0. The predicted octanol–water partition coefficient (Wildman–Crippen LogP) is 11.2. The Morgan fingerprint density at radius 2 is 1.06 bits per heavy atom. The maximum atomic E-state index is 12.2. The van der Waals surface area contributed by atoms with Crippen molar-refractivity contribution in [1.29, 1.82) is 0 Å². The Bertz CT molecular complexity index is 2310. The zero-order valence-electron chi connectivity index (χ0n) is 49.6. The van der Waals surface area contributed by atoms with Crippen molar-refractivity contribution in [2.45, 2.75) is 247 Å². The summed E-state index contributed by atoms with van der Waals surface area (Å²) in [6.45, 7) is 20.1. The Kier molecular flexibility index (Phi) is 17.5. The van der Waals surface area contributed by atoms with Gasteiger partial charge < -0.3 is 41.6 Å². The normalized spacial score (nSPS) is 52.0. The lowest BCUT2D eigenvalue weighted by atomic mass is 9.43. The van der Waals surface area contributed by atoms with Crippen molar-refractivity contribution in [3.8, 4) is 0 Å². The number of aliphatic hydroxyl groups is 6. The molecule has 0 spiro atoms. The van der Waals surface area contributed by atoms with Gasteiger partial charge in [-0.15, -0.1) is 12.4 Å². The number of fused-ring (bicyclic) bond motifs is 15. The van der Waals surface area contributed by atoms with E-state index < -0.39 is 0 Å². The third-order valence-electron chi connectivity index (χ3n) is 27.3. The minimum Gasteiger partial charge on any atom is -0.411 e. The van der Waals surface area contributed by atoms with Crippen LogP contribution in [0.4, 0.5) is 0 Å². The molecule has 0 amide bonds. The van der Waals surface area contributed by atoms with E-state index in [4.69, 9.17) is 5.73 Å². The van der Waals surface area contributed by atoms with Crippen LogP contribution in [0.1, 0.15) is 210 Å². The number of oxime groups is 1. The number of rotatable bonds is 6. The Hall–Kier alpha value is -1.70. The third-order valence-corrected chi connectivity index (χ3v) is 27.3. The highest BCUT2D eigenvalue weighted by atomic mass is 35.5. The van der Waals surface area contributed by atoms with Crippen LogP contribution in [-0.4, -0.2) is 96.3 Å². The van der Waals surface area contributed by atoms with Crippen LogP contribution in [0.25, 0.3) is 0 Å². The Labute approximate surface area is 475 Å². The molecule has 11 nitrogen and oxygen atoms in total. The molecule has 78 heavy (non-hydrogen) atoms. The van der Waals surface area contributed by atoms with Crippen LogP contribution in [0.15, 0.2) is 28.5 Å². The quantitative estimate of drug-likeness (QED) is 0.0545. The maximum Gasteiger partial charge on any atom is 0.146 e. The second-order valence-electron chi connectivity index (χ2n) is 30.7. The smallest absolute Gasteiger partial charge is 0.146 e. The van der Waals surface area contributed by atoms with E-state index in [1.54, 1.807) is 6.92 Å². The molecule has 10 fully saturated rings. The van der Waals surface area contributed by atoms with E-state index in [9.17, 15) is 45.4 Å². The summed E-state index contributed by atoms with van der Waals surface area (Å²) in [7, 11) is 0. The molecule has 0 radical (unpaired) electrons. The Morgan fingerprint density at radius 1 is 0.590 bits per heavy atom. The highest BCUT2D eigenvalue weighted by Crippen LogP contribution is 2.71. The van der Waals surface area contributed by atoms with Gasteiger partial charge in [0, 0.05) is 18.3 Å².